The van der Waals surface area contributed by atoms with Crippen LogP contribution < -0.4 is 10.2 Å². The lowest BCUT2D eigenvalue weighted by Crippen LogP contribution is -2.28. The molecule has 0 aromatic heterocycles. The molecule has 1 N–H and O–H groups in total. The Morgan fingerprint density at radius 1 is 1.24 bits per heavy atom. The van der Waals surface area contributed by atoms with Gasteiger partial charge in [-0.2, -0.15) is 5.26 Å². The Morgan fingerprint density at radius 2 is 2.10 bits per heavy atom. The molecule has 1 aliphatic heterocycles. The molecule has 0 atom stereocenters. The number of hydrogen-bond donors (Lipinski definition) is 1. The first-order chi connectivity index (χ1) is 10.3. The van der Waals surface area contributed by atoms with Crippen LogP contribution in [0, 0.1) is 17.1 Å². The summed E-state index contributed by atoms with van der Waals surface area (Å²) in [4.78, 5) is 2.27. The number of halogens is 1. The van der Waals surface area contributed by atoms with E-state index in [1.165, 1.54) is 17.3 Å². The predicted molar refractivity (Wildman–Crippen MR) is 80.3 cm³/mol. The van der Waals surface area contributed by atoms with E-state index in [1.54, 1.807) is 12.1 Å². The third-order valence-electron chi connectivity index (χ3n) is 3.73. The molecule has 0 radical (unpaired) electrons. The fraction of sp³-hybridized carbons (Fsp3) is 0.235. The minimum atomic E-state index is -0.459. The number of nitriles is 1. The van der Waals surface area contributed by atoms with E-state index in [-0.39, 0.29) is 5.56 Å². The van der Waals surface area contributed by atoms with Crippen molar-refractivity contribution in [2.24, 2.45) is 0 Å². The van der Waals surface area contributed by atoms with Crippen LogP contribution in [-0.4, -0.2) is 13.1 Å². The largest absolute Gasteiger partial charge is 0.366 e. The first-order valence-corrected chi connectivity index (χ1v) is 7.00. The van der Waals surface area contributed by atoms with Crippen molar-refractivity contribution in [1.82, 2.24) is 5.32 Å². The molecule has 0 aliphatic carbocycles. The van der Waals surface area contributed by atoms with Crippen LogP contribution in [0.4, 0.5) is 10.1 Å². The number of anilines is 1. The van der Waals surface area contributed by atoms with Gasteiger partial charge in [-0.15, -0.1) is 0 Å². The van der Waals surface area contributed by atoms with Gasteiger partial charge in [0.15, 0.2) is 0 Å². The van der Waals surface area contributed by atoms with E-state index in [1.807, 2.05) is 18.2 Å². The van der Waals surface area contributed by atoms with E-state index in [2.05, 4.69) is 22.3 Å². The molecule has 3 rings (SSSR count). The van der Waals surface area contributed by atoms with Gasteiger partial charge >= 0.3 is 0 Å². The third kappa shape index (κ3) is 2.88. The van der Waals surface area contributed by atoms with Crippen LogP contribution in [0.2, 0.25) is 0 Å². The Balaban J connectivity index is 1.89. The van der Waals surface area contributed by atoms with Gasteiger partial charge < -0.3 is 10.2 Å². The number of rotatable bonds is 2. The molecule has 3 nitrogen and oxygen atoms in total. The molecule has 0 amide bonds. The highest BCUT2D eigenvalue weighted by atomic mass is 19.1. The summed E-state index contributed by atoms with van der Waals surface area (Å²) < 4.78 is 13.4. The fourth-order valence-corrected chi connectivity index (χ4v) is 2.67. The van der Waals surface area contributed by atoms with Gasteiger partial charge in [-0.1, -0.05) is 24.3 Å². The molecule has 2 aromatic carbocycles. The summed E-state index contributed by atoms with van der Waals surface area (Å²) in [5, 5.41) is 12.3. The lowest BCUT2D eigenvalue weighted by atomic mass is 10.1. The first-order valence-electron chi connectivity index (χ1n) is 7.00. The summed E-state index contributed by atoms with van der Waals surface area (Å²) >= 11 is 0. The van der Waals surface area contributed by atoms with Crippen LogP contribution in [0.5, 0.6) is 0 Å². The third-order valence-corrected chi connectivity index (χ3v) is 3.73. The van der Waals surface area contributed by atoms with E-state index in [9.17, 15) is 4.39 Å². The summed E-state index contributed by atoms with van der Waals surface area (Å²) in [6, 6.07) is 14.9. The fourth-order valence-electron chi connectivity index (χ4n) is 2.67. The van der Waals surface area contributed by atoms with Crippen molar-refractivity contribution in [3.63, 3.8) is 0 Å². The minimum absolute atomic E-state index is 0.105. The quantitative estimate of drug-likeness (QED) is 0.920. The smallest absolute Gasteiger partial charge is 0.140 e. The molecule has 0 unspecified atom stereocenters. The minimum Gasteiger partial charge on any atom is -0.366 e. The van der Waals surface area contributed by atoms with Gasteiger partial charge in [-0.05, 0) is 29.3 Å². The zero-order valence-corrected chi connectivity index (χ0v) is 11.6. The zero-order valence-electron chi connectivity index (χ0n) is 11.6. The molecular weight excluding hydrogens is 265 g/mol. The van der Waals surface area contributed by atoms with E-state index in [0.29, 0.717) is 6.54 Å². The van der Waals surface area contributed by atoms with Crippen molar-refractivity contribution in [1.29, 1.82) is 5.26 Å². The van der Waals surface area contributed by atoms with E-state index >= 15 is 0 Å². The van der Waals surface area contributed by atoms with Crippen molar-refractivity contribution in [3.05, 3.63) is 65.0 Å². The monoisotopic (exact) mass is 281 g/mol. The van der Waals surface area contributed by atoms with Crippen molar-refractivity contribution < 1.29 is 4.39 Å². The maximum atomic E-state index is 13.4. The van der Waals surface area contributed by atoms with Gasteiger partial charge in [0.05, 0.1) is 5.56 Å². The molecule has 0 fully saturated rings. The Morgan fingerprint density at radius 3 is 2.95 bits per heavy atom. The Bertz CT molecular complexity index is 691. The molecule has 0 saturated carbocycles. The molecule has 106 valence electrons. The second-order valence-corrected chi connectivity index (χ2v) is 5.15. The number of nitrogens with one attached hydrogen (secondary N) is 1. The Labute approximate surface area is 123 Å². The normalized spacial score (nSPS) is 14.2. The Kier molecular flexibility index (Phi) is 3.85. The average molecular weight is 281 g/mol. The Hall–Kier alpha value is -2.38. The van der Waals surface area contributed by atoms with Gasteiger partial charge in [0.2, 0.25) is 0 Å². The highest BCUT2D eigenvalue weighted by molar-refractivity contribution is 5.55. The lowest BCUT2D eigenvalue weighted by molar-refractivity contribution is 0.622. The van der Waals surface area contributed by atoms with E-state index in [4.69, 9.17) is 5.26 Å². The van der Waals surface area contributed by atoms with Crippen LogP contribution in [-0.2, 0) is 13.1 Å². The van der Waals surface area contributed by atoms with Crippen LogP contribution in [0.3, 0.4) is 0 Å². The van der Waals surface area contributed by atoms with Gasteiger partial charge in [-0.25, -0.2) is 4.39 Å². The number of fused-ring (bicyclic) bond motifs is 1. The molecule has 0 saturated heterocycles. The standard InChI is InChI=1S/C17H16FN3/c18-16-6-5-13(9-15(16)10-19)12-21-8-7-20-11-14-3-1-2-4-17(14)21/h1-6,9,20H,7-8,11-12H2. The zero-order chi connectivity index (χ0) is 14.7. The van der Waals surface area contributed by atoms with Gasteiger partial charge in [0.1, 0.15) is 11.9 Å². The molecular formula is C17H16FN3. The van der Waals surface area contributed by atoms with Gasteiger partial charge in [-0.3, -0.25) is 0 Å². The second kappa shape index (κ2) is 5.94. The molecule has 4 heteroatoms. The topological polar surface area (TPSA) is 39.1 Å². The molecule has 2 aromatic rings. The summed E-state index contributed by atoms with van der Waals surface area (Å²) in [6.07, 6.45) is 0. The van der Waals surface area contributed by atoms with Gasteiger partial charge in [0.25, 0.3) is 0 Å². The number of benzene rings is 2. The van der Waals surface area contributed by atoms with Crippen molar-refractivity contribution in [2.75, 3.05) is 18.0 Å². The summed E-state index contributed by atoms with van der Waals surface area (Å²) in [6.45, 7) is 3.32. The van der Waals surface area contributed by atoms with Crippen LogP contribution in [0.15, 0.2) is 42.5 Å². The summed E-state index contributed by atoms with van der Waals surface area (Å²) in [5.41, 5.74) is 3.52. The molecule has 0 spiro atoms. The van der Waals surface area contributed by atoms with Gasteiger partial charge in [0, 0.05) is 31.9 Å². The number of hydrogen-bond acceptors (Lipinski definition) is 3. The molecule has 21 heavy (non-hydrogen) atoms. The molecule has 1 heterocycles. The first kappa shape index (κ1) is 13.6. The number of para-hydroxylation sites is 1. The van der Waals surface area contributed by atoms with Crippen molar-refractivity contribution in [3.8, 4) is 6.07 Å². The van der Waals surface area contributed by atoms with Crippen molar-refractivity contribution in [2.45, 2.75) is 13.1 Å². The summed E-state index contributed by atoms with van der Waals surface area (Å²) in [5.74, 6) is -0.459. The van der Waals surface area contributed by atoms with E-state index < -0.39 is 5.82 Å². The average Bonchev–Trinajstić information content (AvgIpc) is 2.72. The lowest BCUT2D eigenvalue weighted by Gasteiger charge is -2.24. The maximum Gasteiger partial charge on any atom is 0.140 e. The van der Waals surface area contributed by atoms with Crippen LogP contribution in [0.1, 0.15) is 16.7 Å². The second-order valence-electron chi connectivity index (χ2n) is 5.15. The summed E-state index contributed by atoms with van der Waals surface area (Å²) in [7, 11) is 0. The highest BCUT2D eigenvalue weighted by Crippen LogP contribution is 2.24. The van der Waals surface area contributed by atoms with Crippen LogP contribution in [0.25, 0.3) is 0 Å². The predicted octanol–water partition coefficient (Wildman–Crippen LogP) is 2.81. The number of nitrogens with zero attached hydrogens (tertiary/aromatic N) is 2. The SMILES string of the molecule is N#Cc1cc(CN2CCNCc3ccccc32)ccc1F. The van der Waals surface area contributed by atoms with Crippen LogP contribution >= 0.6 is 0 Å². The highest BCUT2D eigenvalue weighted by Gasteiger charge is 2.15. The molecule has 0 bridgehead atoms. The maximum absolute atomic E-state index is 13.4. The molecule has 1 aliphatic rings. The van der Waals surface area contributed by atoms with E-state index in [0.717, 1.165) is 25.2 Å². The van der Waals surface area contributed by atoms with Crippen molar-refractivity contribution >= 4 is 5.69 Å².